The van der Waals surface area contributed by atoms with E-state index in [2.05, 4.69) is 22.9 Å². The lowest BCUT2D eigenvalue weighted by molar-refractivity contribution is -0.151. The molecule has 0 fully saturated rings. The molecular formula is C36H68N6O7. The second kappa shape index (κ2) is 22.6. The topological polar surface area (TPSA) is 168 Å². The molecule has 284 valence electrons. The lowest BCUT2D eigenvalue weighted by Crippen LogP contribution is -2.61. The van der Waals surface area contributed by atoms with E-state index in [4.69, 9.17) is 0 Å². The van der Waals surface area contributed by atoms with Crippen LogP contribution >= 0.6 is 0 Å². The monoisotopic (exact) mass is 697 g/mol. The molecule has 0 aromatic heterocycles. The van der Waals surface area contributed by atoms with Crippen molar-refractivity contribution < 1.29 is 33.9 Å². The van der Waals surface area contributed by atoms with Crippen molar-refractivity contribution in [2.75, 3.05) is 34.8 Å². The van der Waals surface area contributed by atoms with Gasteiger partial charge in [-0.05, 0) is 57.4 Å². The average molecular weight is 697 g/mol. The number of aliphatic hydroxyl groups excluding tert-OH is 1. The molecule has 0 saturated heterocycles. The Morgan fingerprint density at radius 3 is 1.51 bits per heavy atom. The maximum Gasteiger partial charge on any atom is 0.248 e. The molecule has 49 heavy (non-hydrogen) atoms. The van der Waals surface area contributed by atoms with Crippen molar-refractivity contribution in [2.45, 2.75) is 144 Å². The SMILES string of the molecule is CCCCCC(NC(=O)C(CC(C)C)N(C)C(=O)C(NC(=O)C(CC(C)C)N(C)C(=O)C(CO)N(C)C(=O)C(CC)NC)C(C)C)C(C)=O. The standard InChI is InChI=1S/C36H68N6O7/c1-14-16-17-18-27(25(9)44)38-32(45)28(19-22(3)4)41(12)36(49)31(24(7)8)39-33(46)29(20-23(5)6)40(11)35(48)30(21-43)42(13)34(47)26(15-2)37-10/h22-24,26-31,37,43H,14-21H2,1-13H3,(H,38,45)(H,39,46). The van der Waals surface area contributed by atoms with Crippen molar-refractivity contribution in [3.63, 3.8) is 0 Å². The molecule has 0 aliphatic heterocycles. The summed E-state index contributed by atoms with van der Waals surface area (Å²) in [6.45, 7) is 16.0. The van der Waals surface area contributed by atoms with Crippen LogP contribution in [0.2, 0.25) is 0 Å². The van der Waals surface area contributed by atoms with Gasteiger partial charge in [-0.2, -0.15) is 0 Å². The van der Waals surface area contributed by atoms with Crippen LogP contribution in [-0.4, -0.2) is 126 Å². The van der Waals surface area contributed by atoms with Crippen molar-refractivity contribution in [2.24, 2.45) is 17.8 Å². The quantitative estimate of drug-likeness (QED) is 0.118. The number of Topliss-reactive ketones (excluding diaryl/α,β-unsaturated/α-hetero) is 1. The molecule has 0 aromatic carbocycles. The summed E-state index contributed by atoms with van der Waals surface area (Å²) in [4.78, 5) is 84.5. The fraction of sp³-hybridized carbons (Fsp3) is 0.833. The van der Waals surface area contributed by atoms with Crippen molar-refractivity contribution in [3.8, 4) is 0 Å². The normalized spacial score (nSPS) is 15.2. The van der Waals surface area contributed by atoms with Gasteiger partial charge in [0, 0.05) is 21.1 Å². The van der Waals surface area contributed by atoms with Gasteiger partial charge >= 0.3 is 0 Å². The number of carbonyl (C=O) groups excluding carboxylic acids is 6. The number of rotatable bonds is 23. The number of likely N-dealkylation sites (N-methyl/N-ethyl adjacent to an activating group) is 4. The van der Waals surface area contributed by atoms with Crippen LogP contribution in [0, 0.1) is 17.8 Å². The zero-order valence-corrected chi connectivity index (χ0v) is 32.6. The molecule has 4 N–H and O–H groups in total. The molecule has 0 spiro atoms. The number of nitrogens with zero attached hydrogens (tertiary/aromatic N) is 3. The van der Waals surface area contributed by atoms with Crippen LogP contribution in [0.4, 0.5) is 0 Å². The first kappa shape index (κ1) is 45.9. The van der Waals surface area contributed by atoms with E-state index >= 15 is 0 Å². The first-order chi connectivity index (χ1) is 22.8. The van der Waals surface area contributed by atoms with Crippen molar-refractivity contribution >= 4 is 35.3 Å². The van der Waals surface area contributed by atoms with Gasteiger partial charge in [0.1, 0.15) is 24.2 Å². The molecule has 0 radical (unpaired) electrons. The summed E-state index contributed by atoms with van der Waals surface area (Å²) >= 11 is 0. The van der Waals surface area contributed by atoms with Crippen LogP contribution in [0.5, 0.6) is 0 Å². The lowest BCUT2D eigenvalue weighted by Gasteiger charge is -2.37. The molecule has 13 nitrogen and oxygen atoms in total. The predicted molar refractivity (Wildman–Crippen MR) is 192 cm³/mol. The van der Waals surface area contributed by atoms with Gasteiger partial charge in [-0.3, -0.25) is 28.8 Å². The van der Waals surface area contributed by atoms with Crippen LogP contribution in [0.1, 0.15) is 107 Å². The predicted octanol–water partition coefficient (Wildman–Crippen LogP) is 2.34. The molecule has 0 aliphatic rings. The molecular weight excluding hydrogens is 628 g/mol. The van der Waals surface area contributed by atoms with Crippen molar-refractivity contribution in [3.05, 3.63) is 0 Å². The van der Waals surface area contributed by atoms with E-state index < -0.39 is 66.5 Å². The second-order valence-electron chi connectivity index (χ2n) is 14.5. The summed E-state index contributed by atoms with van der Waals surface area (Å²) < 4.78 is 0. The summed E-state index contributed by atoms with van der Waals surface area (Å²) in [5.74, 6) is -2.91. The van der Waals surface area contributed by atoms with Crippen LogP contribution < -0.4 is 16.0 Å². The fourth-order valence-corrected chi connectivity index (χ4v) is 5.81. The number of hydrogen-bond donors (Lipinski definition) is 4. The number of hydrogen-bond acceptors (Lipinski definition) is 8. The number of amides is 5. The third-order valence-corrected chi connectivity index (χ3v) is 9.09. The van der Waals surface area contributed by atoms with E-state index in [-0.39, 0.29) is 35.9 Å². The summed E-state index contributed by atoms with van der Waals surface area (Å²) in [7, 11) is 6.08. The largest absolute Gasteiger partial charge is 0.394 e. The smallest absolute Gasteiger partial charge is 0.248 e. The number of carbonyl (C=O) groups is 6. The van der Waals surface area contributed by atoms with Gasteiger partial charge in [0.05, 0.1) is 18.7 Å². The van der Waals surface area contributed by atoms with E-state index in [9.17, 15) is 33.9 Å². The minimum absolute atomic E-state index is 0.0201. The van der Waals surface area contributed by atoms with Crippen LogP contribution in [0.3, 0.4) is 0 Å². The second-order valence-corrected chi connectivity index (χ2v) is 14.5. The van der Waals surface area contributed by atoms with Gasteiger partial charge in [-0.1, -0.05) is 74.7 Å². The molecule has 5 amide bonds. The van der Waals surface area contributed by atoms with E-state index in [1.54, 1.807) is 20.9 Å². The van der Waals surface area contributed by atoms with E-state index in [1.165, 1.54) is 42.8 Å². The number of unbranched alkanes of at least 4 members (excludes halogenated alkanes) is 2. The highest BCUT2D eigenvalue weighted by atomic mass is 16.3. The summed E-state index contributed by atoms with van der Waals surface area (Å²) in [6.07, 6.45) is 4.32. The van der Waals surface area contributed by atoms with Crippen molar-refractivity contribution in [1.82, 2.24) is 30.7 Å². The van der Waals surface area contributed by atoms with Crippen molar-refractivity contribution in [1.29, 1.82) is 0 Å². The van der Waals surface area contributed by atoms with Crippen LogP contribution in [0.25, 0.3) is 0 Å². The Morgan fingerprint density at radius 2 is 1.12 bits per heavy atom. The van der Waals surface area contributed by atoms with Crippen LogP contribution in [-0.2, 0) is 28.8 Å². The molecule has 0 aromatic rings. The van der Waals surface area contributed by atoms with Gasteiger partial charge < -0.3 is 35.8 Å². The van der Waals surface area contributed by atoms with Gasteiger partial charge in [0.15, 0.2) is 5.78 Å². The first-order valence-corrected chi connectivity index (χ1v) is 18.0. The number of nitrogens with one attached hydrogen (secondary N) is 3. The maximum absolute atomic E-state index is 14.1. The highest BCUT2D eigenvalue weighted by Crippen LogP contribution is 2.19. The Morgan fingerprint density at radius 1 is 0.653 bits per heavy atom. The van der Waals surface area contributed by atoms with Gasteiger partial charge in [0.25, 0.3) is 0 Å². The zero-order chi connectivity index (χ0) is 38.2. The number of aliphatic hydroxyl groups is 1. The Hall–Kier alpha value is -3.06. The minimum atomic E-state index is -1.22. The van der Waals surface area contributed by atoms with Gasteiger partial charge in [0.2, 0.25) is 29.5 Å². The average Bonchev–Trinajstić information content (AvgIpc) is 3.03. The van der Waals surface area contributed by atoms with Crippen LogP contribution in [0.15, 0.2) is 0 Å². The molecule has 0 heterocycles. The summed E-state index contributed by atoms with van der Waals surface area (Å²) in [6, 6.07) is -5.32. The molecule has 6 unspecified atom stereocenters. The Bertz CT molecular complexity index is 1080. The molecule has 0 bridgehead atoms. The van der Waals surface area contributed by atoms with Gasteiger partial charge in [-0.25, -0.2) is 0 Å². The Kier molecular flexibility index (Phi) is 21.2. The maximum atomic E-state index is 14.1. The fourth-order valence-electron chi connectivity index (χ4n) is 5.81. The lowest BCUT2D eigenvalue weighted by atomic mass is 9.96. The Balaban J connectivity index is 6.32. The Labute approximate surface area is 295 Å². The minimum Gasteiger partial charge on any atom is -0.394 e. The number of ketones is 1. The molecule has 0 saturated carbocycles. The molecule has 13 heteroatoms. The summed E-state index contributed by atoms with van der Waals surface area (Å²) in [5, 5.41) is 18.8. The third-order valence-electron chi connectivity index (χ3n) is 9.09. The molecule has 6 atom stereocenters. The summed E-state index contributed by atoms with van der Waals surface area (Å²) in [5.41, 5.74) is 0. The first-order valence-electron chi connectivity index (χ1n) is 18.0. The zero-order valence-electron chi connectivity index (χ0n) is 32.6. The molecule has 0 rings (SSSR count). The van der Waals surface area contributed by atoms with E-state index in [0.29, 0.717) is 19.3 Å². The van der Waals surface area contributed by atoms with E-state index in [0.717, 1.165) is 19.3 Å². The highest BCUT2D eigenvalue weighted by Gasteiger charge is 2.39. The molecule has 0 aliphatic carbocycles. The third kappa shape index (κ3) is 14.4. The van der Waals surface area contributed by atoms with Gasteiger partial charge in [-0.15, -0.1) is 0 Å². The van der Waals surface area contributed by atoms with E-state index in [1.807, 2.05) is 34.6 Å². The highest BCUT2D eigenvalue weighted by molar-refractivity contribution is 5.96.